The van der Waals surface area contributed by atoms with Gasteiger partial charge >= 0.3 is 6.01 Å². The van der Waals surface area contributed by atoms with E-state index in [9.17, 15) is 13.6 Å². The first kappa shape index (κ1) is 27.7. The van der Waals surface area contributed by atoms with E-state index in [1.165, 1.54) is 0 Å². The van der Waals surface area contributed by atoms with Gasteiger partial charge in [-0.2, -0.15) is 9.97 Å². The third kappa shape index (κ3) is 5.53. The lowest BCUT2D eigenvalue weighted by atomic mass is 9.88. The van der Waals surface area contributed by atoms with Crippen LogP contribution in [0.5, 0.6) is 6.01 Å². The van der Waals surface area contributed by atoms with Crippen molar-refractivity contribution >= 4 is 11.0 Å². The molecule has 0 radical (unpaired) electrons. The number of hydrogen-bond acceptors (Lipinski definition) is 5. The standard InChI is InChI=1S/C33H31F2N5O2/c1-38-17-6-9-24(38)21-42-33-36-30(27-16-19-39(2)31(27)37-33)11-5-3-4-10-25(28-20-22(34)12-15-29(28)35)26-14-13-23-8-7-18-40(23)32(26)41/h12-16,19-20,24-25H,6-10,17-18,21H2,1-2H3/t24-,25?/m1/s1. The van der Waals surface area contributed by atoms with Crippen molar-refractivity contribution in [2.75, 3.05) is 20.2 Å². The maximum atomic E-state index is 14.9. The number of likely N-dealkylation sites (tertiary alicyclic amines) is 1. The summed E-state index contributed by atoms with van der Waals surface area (Å²) in [5.74, 6) is 9.79. The third-order valence-corrected chi connectivity index (χ3v) is 8.24. The first-order valence-electron chi connectivity index (χ1n) is 14.2. The molecule has 7 nitrogen and oxygen atoms in total. The lowest BCUT2D eigenvalue weighted by molar-refractivity contribution is 0.188. The summed E-state index contributed by atoms with van der Waals surface area (Å²) in [7, 11) is 3.99. The van der Waals surface area contributed by atoms with Gasteiger partial charge in [0.15, 0.2) is 0 Å². The second-order valence-electron chi connectivity index (χ2n) is 10.9. The number of benzene rings is 1. The van der Waals surface area contributed by atoms with E-state index in [1.807, 2.05) is 29.9 Å². The van der Waals surface area contributed by atoms with Crippen molar-refractivity contribution in [2.24, 2.45) is 7.05 Å². The summed E-state index contributed by atoms with van der Waals surface area (Å²) < 4.78 is 38.6. The zero-order valence-corrected chi connectivity index (χ0v) is 23.7. The Morgan fingerprint density at radius 1 is 1.05 bits per heavy atom. The third-order valence-electron chi connectivity index (χ3n) is 8.24. The molecule has 0 amide bonds. The molecule has 2 atom stereocenters. The Morgan fingerprint density at radius 2 is 1.93 bits per heavy atom. The molecular formula is C33H31F2N5O2. The highest BCUT2D eigenvalue weighted by Gasteiger charge is 2.24. The van der Waals surface area contributed by atoms with E-state index in [4.69, 9.17) is 4.74 Å². The normalized spacial score (nSPS) is 16.9. The first-order chi connectivity index (χ1) is 20.4. The highest BCUT2D eigenvalue weighted by atomic mass is 19.1. The maximum Gasteiger partial charge on any atom is 0.319 e. The Hall–Kier alpha value is -4.47. The number of pyridine rings is 1. The molecule has 9 heteroatoms. The van der Waals surface area contributed by atoms with Gasteiger partial charge in [0, 0.05) is 49.4 Å². The van der Waals surface area contributed by atoms with Crippen LogP contribution in [-0.4, -0.2) is 50.2 Å². The van der Waals surface area contributed by atoms with Gasteiger partial charge in [0.25, 0.3) is 5.56 Å². The molecule has 0 N–H and O–H groups in total. The zero-order valence-electron chi connectivity index (χ0n) is 23.7. The fourth-order valence-corrected chi connectivity index (χ4v) is 5.87. The molecule has 5 heterocycles. The molecule has 1 saturated heterocycles. The molecule has 0 spiro atoms. The van der Waals surface area contributed by atoms with Crippen molar-refractivity contribution in [1.29, 1.82) is 0 Å². The van der Waals surface area contributed by atoms with Crippen molar-refractivity contribution in [2.45, 2.75) is 50.6 Å². The molecule has 0 saturated carbocycles. The fraction of sp³-hybridized carbons (Fsp3) is 0.364. The van der Waals surface area contributed by atoms with Crippen LogP contribution in [-0.2, 0) is 20.0 Å². The minimum absolute atomic E-state index is 0.0947. The van der Waals surface area contributed by atoms with Crippen molar-refractivity contribution in [3.05, 3.63) is 87.1 Å². The second kappa shape index (κ2) is 11.8. The summed E-state index contributed by atoms with van der Waals surface area (Å²) >= 11 is 0. The predicted molar refractivity (Wildman–Crippen MR) is 156 cm³/mol. The molecule has 2 aliphatic rings. The number of rotatable bonds is 6. The summed E-state index contributed by atoms with van der Waals surface area (Å²) in [6, 6.07) is 9.40. The van der Waals surface area contributed by atoms with Crippen LogP contribution in [0.15, 0.2) is 47.4 Å². The van der Waals surface area contributed by atoms with Gasteiger partial charge < -0.3 is 18.8 Å². The van der Waals surface area contributed by atoms with Gasteiger partial charge in [-0.05, 0) is 92.9 Å². The molecule has 1 fully saturated rings. The van der Waals surface area contributed by atoms with Crippen LogP contribution in [0.25, 0.3) is 11.0 Å². The SMILES string of the molecule is CN1CCC[C@@H]1COc1nc(C#CC#CCC(c2cc(F)ccc2F)c2ccc3n(c2=O)CCC3)c2ccn(C)c2n1. The van der Waals surface area contributed by atoms with Crippen LogP contribution in [0.3, 0.4) is 0 Å². The monoisotopic (exact) mass is 567 g/mol. The van der Waals surface area contributed by atoms with Crippen LogP contribution < -0.4 is 10.3 Å². The summed E-state index contributed by atoms with van der Waals surface area (Å²) in [6.07, 6.45) is 5.91. The largest absolute Gasteiger partial charge is 0.462 e. The van der Waals surface area contributed by atoms with Crippen LogP contribution in [0.1, 0.15) is 54.1 Å². The number of hydrogen-bond donors (Lipinski definition) is 0. The predicted octanol–water partition coefficient (Wildman–Crippen LogP) is 4.40. The van der Waals surface area contributed by atoms with E-state index in [1.54, 1.807) is 10.6 Å². The Bertz CT molecular complexity index is 1840. The van der Waals surface area contributed by atoms with Gasteiger partial charge in [-0.1, -0.05) is 12.0 Å². The Balaban J connectivity index is 1.28. The number of aromatic nitrogens is 4. The van der Waals surface area contributed by atoms with Crippen molar-refractivity contribution < 1.29 is 13.5 Å². The summed E-state index contributed by atoms with van der Waals surface area (Å²) in [4.78, 5) is 24.7. The number of halogens is 2. The Labute approximate surface area is 243 Å². The first-order valence-corrected chi connectivity index (χ1v) is 14.2. The van der Waals surface area contributed by atoms with Gasteiger partial charge in [0.05, 0.1) is 5.39 Å². The van der Waals surface area contributed by atoms with Gasteiger partial charge in [0.2, 0.25) is 0 Å². The molecule has 3 aromatic heterocycles. The number of likely N-dealkylation sites (N-methyl/N-ethyl adjacent to an activating group) is 1. The van der Waals surface area contributed by atoms with Crippen molar-refractivity contribution in [3.63, 3.8) is 0 Å². The highest BCUT2D eigenvalue weighted by molar-refractivity contribution is 5.82. The highest BCUT2D eigenvalue weighted by Crippen LogP contribution is 2.29. The van der Waals surface area contributed by atoms with E-state index < -0.39 is 17.6 Å². The summed E-state index contributed by atoms with van der Waals surface area (Å²) in [6.45, 7) is 2.17. The number of nitrogens with zero attached hydrogens (tertiary/aromatic N) is 5. The maximum absolute atomic E-state index is 14.9. The number of fused-ring (bicyclic) bond motifs is 2. The molecule has 42 heavy (non-hydrogen) atoms. The smallest absolute Gasteiger partial charge is 0.319 e. The van der Waals surface area contributed by atoms with E-state index in [0.29, 0.717) is 36.1 Å². The zero-order chi connectivity index (χ0) is 29.2. The lowest BCUT2D eigenvalue weighted by Gasteiger charge is -2.18. The lowest BCUT2D eigenvalue weighted by Crippen LogP contribution is -2.30. The minimum atomic E-state index is -0.741. The topological polar surface area (TPSA) is 65.2 Å². The van der Waals surface area contributed by atoms with Crippen molar-refractivity contribution in [1.82, 2.24) is 24.0 Å². The van der Waals surface area contributed by atoms with Crippen molar-refractivity contribution in [3.8, 4) is 29.7 Å². The molecule has 214 valence electrons. The summed E-state index contributed by atoms with van der Waals surface area (Å²) in [5, 5.41) is 0.781. The van der Waals surface area contributed by atoms with Crippen LogP contribution in [0.2, 0.25) is 0 Å². The quantitative estimate of drug-likeness (QED) is 0.323. The molecule has 0 aliphatic carbocycles. The average molecular weight is 568 g/mol. The molecule has 6 rings (SSSR count). The van der Waals surface area contributed by atoms with Gasteiger partial charge in [-0.3, -0.25) is 4.79 Å². The second-order valence-corrected chi connectivity index (χ2v) is 10.9. The van der Waals surface area contributed by atoms with E-state index in [-0.39, 0.29) is 23.6 Å². The summed E-state index contributed by atoms with van der Waals surface area (Å²) in [5.41, 5.74) is 2.46. The fourth-order valence-electron chi connectivity index (χ4n) is 5.87. The van der Waals surface area contributed by atoms with Crippen LogP contribution in [0, 0.1) is 35.3 Å². The molecule has 1 aromatic carbocycles. The van der Waals surface area contributed by atoms with Gasteiger partial charge in [0.1, 0.15) is 29.6 Å². The van der Waals surface area contributed by atoms with Crippen LogP contribution >= 0.6 is 0 Å². The van der Waals surface area contributed by atoms with Crippen LogP contribution in [0.4, 0.5) is 8.78 Å². The van der Waals surface area contributed by atoms with E-state index in [2.05, 4.69) is 45.6 Å². The molecule has 1 unspecified atom stereocenters. The van der Waals surface area contributed by atoms with Gasteiger partial charge in [-0.15, -0.1) is 0 Å². The number of aryl methyl sites for hydroxylation is 2. The Kier molecular flexibility index (Phi) is 7.78. The molecular weight excluding hydrogens is 536 g/mol. The van der Waals surface area contributed by atoms with E-state index in [0.717, 1.165) is 61.5 Å². The molecule has 4 aromatic rings. The van der Waals surface area contributed by atoms with E-state index >= 15 is 0 Å². The average Bonchev–Trinajstić information content (AvgIpc) is 3.72. The Morgan fingerprint density at radius 3 is 2.76 bits per heavy atom. The molecule has 2 aliphatic heterocycles. The number of ether oxygens (including phenoxy) is 1. The minimum Gasteiger partial charge on any atom is -0.462 e. The van der Waals surface area contributed by atoms with Gasteiger partial charge in [-0.25, -0.2) is 8.78 Å². The molecule has 0 bridgehead atoms.